The molecule has 1 aliphatic heterocycles. The maximum absolute atomic E-state index is 5.34. The first-order valence-electron chi connectivity index (χ1n) is 5.63. The molecule has 1 aromatic rings. The molecule has 2 nitrogen and oxygen atoms in total. The van der Waals surface area contributed by atoms with Gasteiger partial charge in [0.15, 0.2) is 0 Å². The number of hydrogen-bond donors (Lipinski definition) is 1. The minimum atomic E-state index is 0.651. The van der Waals surface area contributed by atoms with Crippen molar-refractivity contribution in [3.63, 3.8) is 0 Å². The largest absolute Gasteiger partial charge is 0.381 e. The Balaban J connectivity index is 1.84. The Morgan fingerprint density at radius 2 is 2.13 bits per heavy atom. The van der Waals surface area contributed by atoms with Gasteiger partial charge in [0, 0.05) is 35.6 Å². The fourth-order valence-corrected chi connectivity index (χ4v) is 2.96. The van der Waals surface area contributed by atoms with E-state index in [1.807, 2.05) is 11.3 Å². The Morgan fingerprint density at radius 3 is 2.73 bits per heavy atom. The molecule has 0 amide bonds. The topological polar surface area (TPSA) is 21.3 Å². The Labute approximate surface area is 95.6 Å². The van der Waals surface area contributed by atoms with Gasteiger partial charge in [0.2, 0.25) is 0 Å². The van der Waals surface area contributed by atoms with E-state index in [1.165, 1.54) is 15.3 Å². The van der Waals surface area contributed by atoms with Crippen molar-refractivity contribution in [2.75, 3.05) is 13.2 Å². The van der Waals surface area contributed by atoms with Gasteiger partial charge >= 0.3 is 0 Å². The predicted molar refractivity (Wildman–Crippen MR) is 64.5 cm³/mol. The van der Waals surface area contributed by atoms with Crippen LogP contribution in [0.3, 0.4) is 0 Å². The molecule has 15 heavy (non-hydrogen) atoms. The minimum Gasteiger partial charge on any atom is -0.381 e. The van der Waals surface area contributed by atoms with Crippen molar-refractivity contribution in [2.24, 2.45) is 0 Å². The summed E-state index contributed by atoms with van der Waals surface area (Å²) in [6.07, 6.45) is 2.31. The molecule has 0 bridgehead atoms. The standard InChI is InChI=1S/C12H19NOS/c1-9-7-11(10(2)15-9)8-13-12-3-5-14-6-4-12/h7,12-13H,3-6,8H2,1-2H3. The fraction of sp³-hybridized carbons (Fsp3) is 0.667. The Bertz CT molecular complexity index is 315. The van der Waals surface area contributed by atoms with E-state index in [2.05, 4.69) is 25.2 Å². The molecular weight excluding hydrogens is 206 g/mol. The summed E-state index contributed by atoms with van der Waals surface area (Å²) < 4.78 is 5.34. The summed E-state index contributed by atoms with van der Waals surface area (Å²) in [5.74, 6) is 0. The molecule has 2 heterocycles. The molecule has 0 unspecified atom stereocenters. The van der Waals surface area contributed by atoms with Gasteiger partial charge < -0.3 is 10.1 Å². The highest BCUT2D eigenvalue weighted by atomic mass is 32.1. The number of hydrogen-bond acceptors (Lipinski definition) is 3. The third-order valence-electron chi connectivity index (χ3n) is 2.95. The van der Waals surface area contributed by atoms with Crippen LogP contribution in [0.4, 0.5) is 0 Å². The van der Waals surface area contributed by atoms with E-state index in [0.717, 1.165) is 32.6 Å². The van der Waals surface area contributed by atoms with Crippen LogP contribution in [0.5, 0.6) is 0 Å². The molecule has 0 radical (unpaired) electrons. The average molecular weight is 225 g/mol. The second-order valence-electron chi connectivity index (χ2n) is 4.21. The first-order valence-corrected chi connectivity index (χ1v) is 6.44. The van der Waals surface area contributed by atoms with Gasteiger partial charge in [-0.05, 0) is 38.3 Å². The van der Waals surface area contributed by atoms with Gasteiger partial charge in [0.05, 0.1) is 0 Å². The molecule has 1 aliphatic rings. The van der Waals surface area contributed by atoms with E-state index in [0.29, 0.717) is 6.04 Å². The summed E-state index contributed by atoms with van der Waals surface area (Å²) in [7, 11) is 0. The summed E-state index contributed by atoms with van der Waals surface area (Å²) in [6.45, 7) is 7.23. The molecule has 3 heteroatoms. The molecule has 1 fully saturated rings. The van der Waals surface area contributed by atoms with Gasteiger partial charge in [-0.1, -0.05) is 0 Å². The van der Waals surface area contributed by atoms with Crippen molar-refractivity contribution in [3.8, 4) is 0 Å². The van der Waals surface area contributed by atoms with Crippen molar-refractivity contribution in [1.29, 1.82) is 0 Å². The van der Waals surface area contributed by atoms with Crippen LogP contribution in [-0.2, 0) is 11.3 Å². The summed E-state index contributed by atoms with van der Waals surface area (Å²) in [5, 5.41) is 3.62. The molecule has 84 valence electrons. The third kappa shape index (κ3) is 3.03. The van der Waals surface area contributed by atoms with Gasteiger partial charge in [-0.15, -0.1) is 11.3 Å². The lowest BCUT2D eigenvalue weighted by Crippen LogP contribution is -2.34. The van der Waals surface area contributed by atoms with Gasteiger partial charge in [-0.2, -0.15) is 0 Å². The van der Waals surface area contributed by atoms with Crippen molar-refractivity contribution >= 4 is 11.3 Å². The molecule has 0 atom stereocenters. The predicted octanol–water partition coefficient (Wildman–Crippen LogP) is 2.63. The molecule has 1 aromatic heterocycles. The molecule has 0 aromatic carbocycles. The highest BCUT2D eigenvalue weighted by Gasteiger charge is 2.13. The van der Waals surface area contributed by atoms with Crippen molar-refractivity contribution < 1.29 is 4.74 Å². The lowest BCUT2D eigenvalue weighted by Gasteiger charge is -2.23. The summed E-state index contributed by atoms with van der Waals surface area (Å²) in [5.41, 5.74) is 1.46. The van der Waals surface area contributed by atoms with Gasteiger partial charge in [0.25, 0.3) is 0 Å². The van der Waals surface area contributed by atoms with Gasteiger partial charge in [-0.25, -0.2) is 0 Å². The van der Waals surface area contributed by atoms with E-state index >= 15 is 0 Å². The van der Waals surface area contributed by atoms with E-state index in [4.69, 9.17) is 4.74 Å². The number of nitrogens with one attached hydrogen (secondary N) is 1. The number of ether oxygens (including phenoxy) is 1. The molecule has 0 saturated carbocycles. The van der Waals surface area contributed by atoms with E-state index in [-0.39, 0.29) is 0 Å². The van der Waals surface area contributed by atoms with Crippen LogP contribution in [0.1, 0.15) is 28.2 Å². The lowest BCUT2D eigenvalue weighted by molar-refractivity contribution is 0.0776. The fourth-order valence-electron chi connectivity index (χ4n) is 2.01. The summed E-state index contributed by atoms with van der Waals surface area (Å²) in [6, 6.07) is 2.95. The molecule has 2 rings (SSSR count). The highest BCUT2D eigenvalue weighted by Crippen LogP contribution is 2.20. The molecule has 1 N–H and O–H groups in total. The van der Waals surface area contributed by atoms with Crippen LogP contribution in [0.15, 0.2) is 6.07 Å². The van der Waals surface area contributed by atoms with E-state index in [1.54, 1.807) is 0 Å². The number of aryl methyl sites for hydroxylation is 2. The first-order chi connectivity index (χ1) is 7.25. The lowest BCUT2D eigenvalue weighted by atomic mass is 10.1. The highest BCUT2D eigenvalue weighted by molar-refractivity contribution is 7.12. The summed E-state index contributed by atoms with van der Waals surface area (Å²) in [4.78, 5) is 2.86. The monoisotopic (exact) mass is 225 g/mol. The zero-order chi connectivity index (χ0) is 10.7. The number of thiophene rings is 1. The van der Waals surface area contributed by atoms with Gasteiger partial charge in [0.1, 0.15) is 0 Å². The second kappa shape index (κ2) is 5.10. The molecule has 1 saturated heterocycles. The van der Waals surface area contributed by atoms with Gasteiger partial charge in [-0.3, -0.25) is 0 Å². The quantitative estimate of drug-likeness (QED) is 0.854. The second-order valence-corrected chi connectivity index (χ2v) is 5.67. The SMILES string of the molecule is Cc1cc(CNC2CCOCC2)c(C)s1. The minimum absolute atomic E-state index is 0.651. The molecule has 0 aliphatic carbocycles. The van der Waals surface area contributed by atoms with Crippen LogP contribution < -0.4 is 5.32 Å². The number of rotatable bonds is 3. The van der Waals surface area contributed by atoms with Crippen LogP contribution >= 0.6 is 11.3 Å². The Morgan fingerprint density at radius 1 is 1.40 bits per heavy atom. The third-order valence-corrected chi connectivity index (χ3v) is 3.95. The van der Waals surface area contributed by atoms with Crippen molar-refractivity contribution in [1.82, 2.24) is 5.32 Å². The first kappa shape index (κ1) is 11.1. The van der Waals surface area contributed by atoms with Crippen LogP contribution in [0.25, 0.3) is 0 Å². The Kier molecular flexibility index (Phi) is 3.78. The maximum Gasteiger partial charge on any atom is 0.0480 e. The van der Waals surface area contributed by atoms with Crippen LogP contribution in [0, 0.1) is 13.8 Å². The Hall–Kier alpha value is -0.380. The van der Waals surface area contributed by atoms with E-state index < -0.39 is 0 Å². The zero-order valence-corrected chi connectivity index (χ0v) is 10.3. The summed E-state index contributed by atoms with van der Waals surface area (Å²) >= 11 is 1.89. The smallest absolute Gasteiger partial charge is 0.0480 e. The maximum atomic E-state index is 5.34. The molecule has 0 spiro atoms. The average Bonchev–Trinajstić information content (AvgIpc) is 2.56. The normalized spacial score (nSPS) is 18.3. The van der Waals surface area contributed by atoms with Crippen molar-refractivity contribution in [3.05, 3.63) is 21.4 Å². The van der Waals surface area contributed by atoms with E-state index in [9.17, 15) is 0 Å². The van der Waals surface area contributed by atoms with Crippen LogP contribution in [0.2, 0.25) is 0 Å². The van der Waals surface area contributed by atoms with Crippen LogP contribution in [-0.4, -0.2) is 19.3 Å². The van der Waals surface area contributed by atoms with Crippen molar-refractivity contribution in [2.45, 2.75) is 39.3 Å². The zero-order valence-electron chi connectivity index (χ0n) is 9.51. The molecular formula is C12H19NOS.